The number of benzene rings is 1. The molecule has 2 N–H and O–H groups in total. The van der Waals surface area contributed by atoms with Gasteiger partial charge in [0, 0.05) is 19.7 Å². The molecule has 0 radical (unpaired) electrons. The maximum absolute atomic E-state index is 11.1. The van der Waals surface area contributed by atoms with Gasteiger partial charge in [0.15, 0.2) is 6.29 Å². The third-order valence-corrected chi connectivity index (χ3v) is 4.33. The Morgan fingerprint density at radius 3 is 1.90 bits per heavy atom. The number of anilines is 2. The van der Waals surface area contributed by atoms with Crippen LogP contribution in [0.1, 0.15) is 10.4 Å². The lowest BCUT2D eigenvalue weighted by Gasteiger charge is -2.20. The van der Waals surface area contributed by atoms with Gasteiger partial charge < -0.3 is 0 Å². The zero-order chi connectivity index (χ0) is 15.7. The maximum Gasteiger partial charge on any atom is 0.359 e. The van der Waals surface area contributed by atoms with Gasteiger partial charge in [-0.2, -0.15) is 16.8 Å². The summed E-state index contributed by atoms with van der Waals surface area (Å²) in [7, 11) is -7.15. The zero-order valence-electron chi connectivity index (χ0n) is 10.5. The topological polar surface area (TPSA) is 132 Å². The van der Waals surface area contributed by atoms with Crippen LogP contribution >= 0.6 is 0 Å². The summed E-state index contributed by atoms with van der Waals surface area (Å²) in [5.41, 5.74) is -0.420. The Bertz CT molecular complexity index is 727. The quantitative estimate of drug-likeness (QED) is 0.574. The fourth-order valence-corrected chi connectivity index (χ4v) is 2.14. The van der Waals surface area contributed by atoms with E-state index in [2.05, 4.69) is 0 Å². The average molecular weight is 324 g/mol. The predicted octanol–water partition coefficient (Wildman–Crippen LogP) is -0.0229. The normalized spacial score (nSPS) is 12.0. The van der Waals surface area contributed by atoms with Gasteiger partial charge in [-0.25, -0.2) is 0 Å². The highest BCUT2D eigenvalue weighted by atomic mass is 32.2. The Balaban J connectivity index is 3.48. The van der Waals surface area contributed by atoms with Gasteiger partial charge in [0.1, 0.15) is 0 Å². The Morgan fingerprint density at radius 1 is 1.00 bits per heavy atom. The molecule has 20 heavy (non-hydrogen) atoms. The predicted molar refractivity (Wildman–Crippen MR) is 71.7 cm³/mol. The first kappa shape index (κ1) is 16.4. The van der Waals surface area contributed by atoms with Crippen molar-refractivity contribution in [3.63, 3.8) is 0 Å². The molecular formula is C9H12N2O7S2. The van der Waals surface area contributed by atoms with Gasteiger partial charge in [0.2, 0.25) is 0 Å². The molecule has 0 saturated heterocycles. The third kappa shape index (κ3) is 3.45. The van der Waals surface area contributed by atoms with Crippen molar-refractivity contribution in [3.05, 3.63) is 23.8 Å². The van der Waals surface area contributed by atoms with Crippen molar-refractivity contribution >= 4 is 38.3 Å². The van der Waals surface area contributed by atoms with Crippen LogP contribution in [0, 0.1) is 0 Å². The van der Waals surface area contributed by atoms with Crippen molar-refractivity contribution in [2.75, 3.05) is 22.7 Å². The number of carbonyl (C=O) groups is 1. The van der Waals surface area contributed by atoms with E-state index < -0.39 is 20.6 Å². The molecule has 1 aromatic carbocycles. The van der Waals surface area contributed by atoms with Gasteiger partial charge >= 0.3 is 20.6 Å². The van der Waals surface area contributed by atoms with E-state index in [-0.39, 0.29) is 16.9 Å². The van der Waals surface area contributed by atoms with Crippen molar-refractivity contribution in [2.24, 2.45) is 0 Å². The van der Waals surface area contributed by atoms with Gasteiger partial charge in [-0.15, -0.1) is 0 Å². The lowest BCUT2D eigenvalue weighted by atomic mass is 10.2. The van der Waals surface area contributed by atoms with Crippen LogP contribution in [0.3, 0.4) is 0 Å². The number of rotatable bonds is 5. The van der Waals surface area contributed by atoms with Crippen molar-refractivity contribution in [1.82, 2.24) is 0 Å². The molecule has 0 bridgehead atoms. The number of aldehydes is 1. The van der Waals surface area contributed by atoms with E-state index in [1.807, 2.05) is 0 Å². The number of hydrogen-bond acceptors (Lipinski definition) is 5. The van der Waals surface area contributed by atoms with Crippen LogP contribution in [-0.2, 0) is 20.6 Å². The summed E-state index contributed by atoms with van der Waals surface area (Å²) in [4.78, 5) is 10.9. The van der Waals surface area contributed by atoms with Crippen LogP contribution in [0.15, 0.2) is 18.2 Å². The van der Waals surface area contributed by atoms with E-state index in [9.17, 15) is 21.6 Å². The first-order valence-corrected chi connectivity index (χ1v) is 7.79. The molecule has 0 fully saturated rings. The summed E-state index contributed by atoms with van der Waals surface area (Å²) in [5.74, 6) is 0. The summed E-state index contributed by atoms with van der Waals surface area (Å²) < 4.78 is 62.8. The van der Waals surface area contributed by atoms with E-state index >= 15 is 0 Å². The molecule has 11 heteroatoms. The van der Waals surface area contributed by atoms with Crippen LogP contribution in [0.5, 0.6) is 0 Å². The van der Waals surface area contributed by atoms with Crippen LogP contribution in [0.25, 0.3) is 0 Å². The Labute approximate surface area is 116 Å². The van der Waals surface area contributed by atoms with Gasteiger partial charge in [-0.1, -0.05) is 0 Å². The standard InChI is InChI=1S/C9H12N2O7S2/c1-10(19(13,14)15)8-4-3-7(6-12)9(5-8)11(2)20(16,17)18/h3-6H,1-2H3,(H,13,14,15)(H,16,17,18). The van der Waals surface area contributed by atoms with E-state index in [1.165, 1.54) is 6.07 Å². The van der Waals surface area contributed by atoms with Crippen molar-refractivity contribution < 1.29 is 30.7 Å². The molecule has 1 aromatic rings. The minimum atomic E-state index is -4.62. The highest BCUT2D eigenvalue weighted by Crippen LogP contribution is 2.27. The molecule has 1 rings (SSSR count). The van der Waals surface area contributed by atoms with Gasteiger partial charge in [0.05, 0.1) is 11.4 Å². The molecule has 0 spiro atoms. The fraction of sp³-hybridized carbons (Fsp3) is 0.222. The Hall–Kier alpha value is -1.69. The molecule has 0 aromatic heterocycles. The second kappa shape index (κ2) is 5.36. The van der Waals surface area contributed by atoms with Gasteiger partial charge in [-0.05, 0) is 18.2 Å². The molecule has 0 aliphatic heterocycles. The summed E-state index contributed by atoms with van der Waals surface area (Å²) >= 11 is 0. The number of hydrogen-bond donors (Lipinski definition) is 2. The monoisotopic (exact) mass is 324 g/mol. The molecule has 0 heterocycles. The molecule has 0 amide bonds. The lowest BCUT2D eigenvalue weighted by Crippen LogP contribution is -2.28. The van der Waals surface area contributed by atoms with Crippen LogP contribution in [0.2, 0.25) is 0 Å². The zero-order valence-corrected chi connectivity index (χ0v) is 12.1. The number of carbonyl (C=O) groups excluding carboxylic acids is 1. The van der Waals surface area contributed by atoms with E-state index in [4.69, 9.17) is 9.11 Å². The Kier molecular flexibility index (Phi) is 4.39. The van der Waals surface area contributed by atoms with E-state index in [0.29, 0.717) is 14.9 Å². The van der Waals surface area contributed by atoms with Crippen LogP contribution in [0.4, 0.5) is 11.4 Å². The maximum atomic E-state index is 11.1. The van der Waals surface area contributed by atoms with E-state index in [0.717, 1.165) is 26.2 Å². The smallest absolute Gasteiger partial charge is 0.298 e. The van der Waals surface area contributed by atoms with Gasteiger partial charge in [0.25, 0.3) is 0 Å². The SMILES string of the molecule is CN(c1ccc(C=O)c(N(C)S(=O)(=O)O)c1)S(=O)(=O)O. The van der Waals surface area contributed by atoms with Crippen LogP contribution < -0.4 is 8.61 Å². The summed E-state index contributed by atoms with van der Waals surface area (Å²) in [6.45, 7) is 0. The van der Waals surface area contributed by atoms with Gasteiger partial charge in [-0.3, -0.25) is 22.5 Å². The molecular weight excluding hydrogens is 312 g/mol. The third-order valence-electron chi connectivity index (χ3n) is 2.54. The molecule has 9 nitrogen and oxygen atoms in total. The average Bonchev–Trinajstić information content (AvgIpc) is 2.34. The largest absolute Gasteiger partial charge is 0.359 e. The van der Waals surface area contributed by atoms with E-state index in [1.54, 1.807) is 0 Å². The minimum Gasteiger partial charge on any atom is -0.298 e. The molecule has 0 atom stereocenters. The van der Waals surface area contributed by atoms with Crippen molar-refractivity contribution in [3.8, 4) is 0 Å². The van der Waals surface area contributed by atoms with Crippen molar-refractivity contribution in [1.29, 1.82) is 0 Å². The second-order valence-corrected chi connectivity index (χ2v) is 6.64. The highest BCUT2D eigenvalue weighted by molar-refractivity contribution is 7.87. The molecule has 0 unspecified atom stereocenters. The summed E-state index contributed by atoms with van der Waals surface area (Å²) in [6.07, 6.45) is 0.342. The summed E-state index contributed by atoms with van der Waals surface area (Å²) in [5, 5.41) is 0. The summed E-state index contributed by atoms with van der Waals surface area (Å²) in [6, 6.07) is 3.37. The lowest BCUT2D eigenvalue weighted by molar-refractivity contribution is 0.112. The van der Waals surface area contributed by atoms with Crippen LogP contribution in [-0.4, -0.2) is 46.3 Å². The first-order chi connectivity index (χ1) is 8.98. The second-order valence-electron chi connectivity index (χ2n) is 3.75. The fourth-order valence-electron chi connectivity index (χ4n) is 1.36. The molecule has 0 aliphatic rings. The van der Waals surface area contributed by atoms with Crippen molar-refractivity contribution in [2.45, 2.75) is 0 Å². The Morgan fingerprint density at radius 2 is 1.50 bits per heavy atom. The number of nitrogens with zero attached hydrogens (tertiary/aromatic N) is 2. The molecule has 0 aliphatic carbocycles. The molecule has 112 valence electrons. The first-order valence-electron chi connectivity index (χ1n) is 5.00. The minimum absolute atomic E-state index is 0.0855. The highest BCUT2D eigenvalue weighted by Gasteiger charge is 2.21. The molecule has 0 saturated carbocycles.